The number of methoxy groups -OCH3 is 1. The van der Waals surface area contributed by atoms with Crippen LogP contribution in [-0.4, -0.2) is 40.6 Å². The maximum Gasteiger partial charge on any atom is 0.243 e. The predicted octanol–water partition coefficient (Wildman–Crippen LogP) is 3.84. The van der Waals surface area contributed by atoms with Gasteiger partial charge in [0.05, 0.1) is 18.1 Å². The van der Waals surface area contributed by atoms with Crippen LogP contribution in [0.5, 0.6) is 5.75 Å². The monoisotopic (exact) mass is 375 g/mol. The number of aromatic nitrogens is 2. The predicted molar refractivity (Wildman–Crippen MR) is 113 cm³/mol. The van der Waals surface area contributed by atoms with Gasteiger partial charge in [-0.25, -0.2) is 4.98 Å². The van der Waals surface area contributed by atoms with Crippen molar-refractivity contribution in [1.82, 2.24) is 14.5 Å². The smallest absolute Gasteiger partial charge is 0.243 e. The lowest BCUT2D eigenvalue weighted by Crippen LogP contribution is -2.34. The molecule has 0 aliphatic carbocycles. The molecule has 1 aromatic heterocycles. The van der Waals surface area contributed by atoms with Gasteiger partial charge in [0.25, 0.3) is 0 Å². The summed E-state index contributed by atoms with van der Waals surface area (Å²) >= 11 is 0. The Kier molecular flexibility index (Phi) is 6.27. The van der Waals surface area contributed by atoms with Crippen molar-refractivity contribution in [3.63, 3.8) is 0 Å². The highest BCUT2D eigenvalue weighted by molar-refractivity contribution is 5.81. The number of carbonyl (C=O) groups is 1. The van der Waals surface area contributed by atoms with E-state index in [9.17, 15) is 4.79 Å². The van der Waals surface area contributed by atoms with E-state index >= 15 is 0 Å². The number of benzene rings is 2. The van der Waals surface area contributed by atoms with E-state index in [0.717, 1.165) is 28.2 Å². The number of nitrogens with zero attached hydrogens (tertiary/aromatic N) is 3. The van der Waals surface area contributed by atoms with Gasteiger partial charge in [-0.3, -0.25) is 4.79 Å². The Balaban J connectivity index is 1.93. The van der Waals surface area contributed by atoms with Crippen LogP contribution in [0.25, 0.3) is 11.0 Å². The number of para-hydroxylation sites is 2. The first-order valence-electron chi connectivity index (χ1n) is 9.23. The summed E-state index contributed by atoms with van der Waals surface area (Å²) in [5.41, 5.74) is 2.95. The van der Waals surface area contributed by atoms with Crippen molar-refractivity contribution in [3.05, 3.63) is 85.2 Å². The van der Waals surface area contributed by atoms with Crippen molar-refractivity contribution in [2.45, 2.75) is 13.0 Å². The molecular formula is C23H25N3O2. The highest BCUT2D eigenvalue weighted by Gasteiger charge is 2.17. The van der Waals surface area contributed by atoms with Crippen LogP contribution < -0.4 is 4.74 Å². The third-order valence-corrected chi connectivity index (χ3v) is 4.60. The summed E-state index contributed by atoms with van der Waals surface area (Å²) in [7, 11) is 1.65. The number of hydrogen-bond donors (Lipinski definition) is 0. The number of rotatable bonds is 9. The first kappa shape index (κ1) is 19.4. The molecule has 0 atom stereocenters. The molecule has 0 unspecified atom stereocenters. The second-order valence-corrected chi connectivity index (χ2v) is 6.50. The van der Waals surface area contributed by atoms with Gasteiger partial charge in [-0.2, -0.15) is 0 Å². The largest absolute Gasteiger partial charge is 0.497 e. The van der Waals surface area contributed by atoms with Gasteiger partial charge in [0.15, 0.2) is 0 Å². The number of ether oxygens (including phenoxy) is 1. The third-order valence-electron chi connectivity index (χ3n) is 4.60. The standard InChI is InChI=1S/C23H25N3O2/c1-4-14-25(15-5-2)23(27)17-26-21-9-7-6-8-20(21)24-22(26)16-18-10-12-19(28-3)13-11-18/h4-13H,1-2,14-17H2,3H3. The average molecular weight is 375 g/mol. The van der Waals surface area contributed by atoms with E-state index in [4.69, 9.17) is 9.72 Å². The molecule has 0 N–H and O–H groups in total. The molecule has 0 bridgehead atoms. The van der Waals surface area contributed by atoms with Crippen LogP contribution in [0.4, 0.5) is 0 Å². The minimum atomic E-state index is 0.0129. The molecule has 5 heteroatoms. The van der Waals surface area contributed by atoms with Gasteiger partial charge < -0.3 is 14.2 Å². The lowest BCUT2D eigenvalue weighted by Gasteiger charge is -2.20. The molecule has 0 saturated heterocycles. The highest BCUT2D eigenvalue weighted by Crippen LogP contribution is 2.20. The van der Waals surface area contributed by atoms with Crippen molar-refractivity contribution in [2.24, 2.45) is 0 Å². The summed E-state index contributed by atoms with van der Waals surface area (Å²) in [4.78, 5) is 19.4. The quantitative estimate of drug-likeness (QED) is 0.534. The van der Waals surface area contributed by atoms with Crippen LogP contribution in [0.2, 0.25) is 0 Å². The van der Waals surface area contributed by atoms with E-state index in [1.165, 1.54) is 0 Å². The molecule has 1 heterocycles. The molecule has 0 spiro atoms. The molecule has 0 fully saturated rings. The molecule has 3 aromatic rings. The van der Waals surface area contributed by atoms with Crippen LogP contribution in [0.3, 0.4) is 0 Å². The van der Waals surface area contributed by atoms with Crippen molar-refractivity contribution >= 4 is 16.9 Å². The Bertz CT molecular complexity index is 963. The molecule has 0 aliphatic rings. The Morgan fingerprint density at radius 3 is 2.43 bits per heavy atom. The number of amides is 1. The molecule has 5 nitrogen and oxygen atoms in total. The minimum absolute atomic E-state index is 0.0129. The summed E-state index contributed by atoms with van der Waals surface area (Å²) in [5, 5.41) is 0. The molecule has 1 amide bonds. The lowest BCUT2D eigenvalue weighted by molar-refractivity contribution is -0.130. The van der Waals surface area contributed by atoms with Gasteiger partial charge in [-0.1, -0.05) is 36.4 Å². The molecule has 28 heavy (non-hydrogen) atoms. The van der Waals surface area contributed by atoms with Crippen LogP contribution in [0.15, 0.2) is 73.8 Å². The zero-order valence-corrected chi connectivity index (χ0v) is 16.2. The zero-order valence-electron chi connectivity index (χ0n) is 16.2. The van der Waals surface area contributed by atoms with Crippen molar-refractivity contribution in [1.29, 1.82) is 0 Å². The van der Waals surface area contributed by atoms with E-state index in [0.29, 0.717) is 19.5 Å². The Morgan fingerprint density at radius 2 is 1.79 bits per heavy atom. The number of hydrogen-bond acceptors (Lipinski definition) is 3. The first-order chi connectivity index (χ1) is 13.7. The molecule has 144 valence electrons. The molecule has 3 rings (SSSR count). The normalized spacial score (nSPS) is 10.6. The highest BCUT2D eigenvalue weighted by atomic mass is 16.5. The summed E-state index contributed by atoms with van der Waals surface area (Å²) in [6.07, 6.45) is 4.09. The number of carbonyl (C=O) groups excluding carboxylic acids is 1. The third kappa shape index (κ3) is 4.31. The van der Waals surface area contributed by atoms with Crippen molar-refractivity contribution in [2.75, 3.05) is 20.2 Å². The minimum Gasteiger partial charge on any atom is -0.497 e. The zero-order chi connectivity index (χ0) is 19.9. The van der Waals surface area contributed by atoms with Crippen LogP contribution in [0.1, 0.15) is 11.4 Å². The molecule has 2 aromatic carbocycles. The Morgan fingerprint density at radius 1 is 1.11 bits per heavy atom. The van der Waals surface area contributed by atoms with E-state index in [1.54, 1.807) is 24.2 Å². The lowest BCUT2D eigenvalue weighted by atomic mass is 10.1. The molecule has 0 saturated carbocycles. The first-order valence-corrected chi connectivity index (χ1v) is 9.23. The Hall–Kier alpha value is -3.34. The second kappa shape index (κ2) is 9.04. The summed E-state index contributed by atoms with van der Waals surface area (Å²) in [6, 6.07) is 15.8. The fraction of sp³-hybridized carbons (Fsp3) is 0.217. The maximum atomic E-state index is 12.9. The second-order valence-electron chi connectivity index (χ2n) is 6.50. The summed E-state index contributed by atoms with van der Waals surface area (Å²) in [5.74, 6) is 1.69. The van der Waals surface area contributed by atoms with Gasteiger partial charge >= 0.3 is 0 Å². The topological polar surface area (TPSA) is 47.4 Å². The maximum absolute atomic E-state index is 12.9. The number of imidazole rings is 1. The summed E-state index contributed by atoms with van der Waals surface area (Å²) < 4.78 is 7.23. The fourth-order valence-corrected chi connectivity index (χ4v) is 3.19. The van der Waals surface area contributed by atoms with Gasteiger partial charge in [0.2, 0.25) is 5.91 Å². The number of fused-ring (bicyclic) bond motifs is 1. The van der Waals surface area contributed by atoms with E-state index in [2.05, 4.69) is 13.2 Å². The van der Waals surface area contributed by atoms with Crippen LogP contribution in [0, 0.1) is 0 Å². The molecule has 0 aliphatic heterocycles. The van der Waals surface area contributed by atoms with E-state index in [1.807, 2.05) is 53.1 Å². The van der Waals surface area contributed by atoms with Crippen molar-refractivity contribution in [3.8, 4) is 5.75 Å². The van der Waals surface area contributed by atoms with Gasteiger partial charge in [-0.15, -0.1) is 13.2 Å². The van der Waals surface area contributed by atoms with E-state index < -0.39 is 0 Å². The fourth-order valence-electron chi connectivity index (χ4n) is 3.19. The molecule has 0 radical (unpaired) electrons. The van der Waals surface area contributed by atoms with Crippen LogP contribution in [-0.2, 0) is 17.8 Å². The van der Waals surface area contributed by atoms with Crippen LogP contribution >= 0.6 is 0 Å². The molecular weight excluding hydrogens is 350 g/mol. The van der Waals surface area contributed by atoms with Gasteiger partial charge in [0, 0.05) is 19.5 Å². The SMILES string of the molecule is C=CCN(CC=C)C(=O)Cn1c(Cc2ccc(OC)cc2)nc2ccccc21. The van der Waals surface area contributed by atoms with Gasteiger partial charge in [0.1, 0.15) is 18.1 Å². The van der Waals surface area contributed by atoms with Crippen molar-refractivity contribution < 1.29 is 9.53 Å². The summed E-state index contributed by atoms with van der Waals surface area (Å²) in [6.45, 7) is 8.70. The Labute approximate surface area is 165 Å². The average Bonchev–Trinajstić information content (AvgIpc) is 3.05. The van der Waals surface area contributed by atoms with E-state index in [-0.39, 0.29) is 12.5 Å². The van der Waals surface area contributed by atoms with Gasteiger partial charge in [-0.05, 0) is 29.8 Å².